The van der Waals surface area contributed by atoms with Gasteiger partial charge in [0.2, 0.25) is 0 Å². The van der Waals surface area contributed by atoms with Gasteiger partial charge in [0.1, 0.15) is 5.76 Å². The molecule has 0 saturated carbocycles. The molecule has 1 aromatic heterocycles. The third kappa shape index (κ3) is 4.57. The molecule has 0 fully saturated rings. The van der Waals surface area contributed by atoms with Gasteiger partial charge in [-0.1, -0.05) is 29.8 Å². The number of aryl methyl sites for hydroxylation is 1. The lowest BCUT2D eigenvalue weighted by Crippen LogP contribution is -2.22. The average Bonchev–Trinajstić information content (AvgIpc) is 3.11. The quantitative estimate of drug-likeness (QED) is 0.449. The van der Waals surface area contributed by atoms with E-state index in [2.05, 4.69) is 31.8 Å². The topological polar surface area (TPSA) is 83.7 Å². The van der Waals surface area contributed by atoms with Gasteiger partial charge in [0.25, 0.3) is 11.8 Å². The second kappa shape index (κ2) is 9.08. The van der Waals surface area contributed by atoms with Crippen molar-refractivity contribution in [2.24, 2.45) is 5.10 Å². The number of benzene rings is 2. The second-order valence-electron chi connectivity index (χ2n) is 7.15. The minimum atomic E-state index is -0.352. The highest BCUT2D eigenvalue weighted by molar-refractivity contribution is 9.10. The SMILES string of the molecule is Cc1c(C(=O)Nc2ccccc2Br)oc2c1/C(=N/NC(=O)c1cccc(Cl)c1)CCC2. The van der Waals surface area contributed by atoms with Crippen molar-refractivity contribution < 1.29 is 14.0 Å². The maximum atomic E-state index is 12.8. The number of fused-ring (bicyclic) bond motifs is 1. The summed E-state index contributed by atoms with van der Waals surface area (Å²) >= 11 is 9.38. The molecular formula is C23H19BrClN3O3. The highest BCUT2D eigenvalue weighted by atomic mass is 79.9. The number of anilines is 1. The normalized spacial score (nSPS) is 14.2. The Morgan fingerprint density at radius 1 is 1.10 bits per heavy atom. The number of para-hydroxylation sites is 1. The third-order valence-corrected chi connectivity index (χ3v) is 5.96. The Labute approximate surface area is 192 Å². The van der Waals surface area contributed by atoms with Crippen LogP contribution in [0.1, 0.15) is 50.6 Å². The number of carbonyl (C=O) groups excluding carboxylic acids is 2. The minimum Gasteiger partial charge on any atom is -0.455 e. The molecule has 2 aromatic carbocycles. The fraction of sp³-hybridized carbons (Fsp3) is 0.174. The lowest BCUT2D eigenvalue weighted by Gasteiger charge is -2.13. The molecule has 0 atom stereocenters. The molecule has 0 aliphatic heterocycles. The molecule has 1 heterocycles. The first-order valence-electron chi connectivity index (χ1n) is 9.75. The van der Waals surface area contributed by atoms with E-state index < -0.39 is 0 Å². The van der Waals surface area contributed by atoms with Crippen molar-refractivity contribution >= 4 is 50.7 Å². The molecule has 2 amide bonds. The Balaban J connectivity index is 1.58. The van der Waals surface area contributed by atoms with Crippen LogP contribution in [-0.2, 0) is 6.42 Å². The molecule has 1 aliphatic rings. The molecular weight excluding hydrogens is 482 g/mol. The van der Waals surface area contributed by atoms with Crippen molar-refractivity contribution in [2.45, 2.75) is 26.2 Å². The number of hydrogen-bond donors (Lipinski definition) is 2. The summed E-state index contributed by atoms with van der Waals surface area (Å²) in [5.41, 5.74) is 5.85. The van der Waals surface area contributed by atoms with Gasteiger partial charge in [-0.25, -0.2) is 5.43 Å². The minimum absolute atomic E-state index is 0.247. The van der Waals surface area contributed by atoms with Crippen LogP contribution >= 0.6 is 27.5 Å². The fourth-order valence-corrected chi connectivity index (χ4v) is 4.13. The van der Waals surface area contributed by atoms with E-state index in [0.29, 0.717) is 46.2 Å². The predicted molar refractivity (Wildman–Crippen MR) is 124 cm³/mol. The number of amides is 2. The molecule has 8 heteroatoms. The number of rotatable bonds is 4. The van der Waals surface area contributed by atoms with E-state index in [9.17, 15) is 9.59 Å². The van der Waals surface area contributed by atoms with Crippen LogP contribution in [0.5, 0.6) is 0 Å². The van der Waals surface area contributed by atoms with Crippen LogP contribution < -0.4 is 10.7 Å². The second-order valence-corrected chi connectivity index (χ2v) is 8.44. The Morgan fingerprint density at radius 2 is 1.90 bits per heavy atom. The Hall–Kier alpha value is -2.90. The van der Waals surface area contributed by atoms with Crippen LogP contribution in [0.15, 0.2) is 62.5 Å². The predicted octanol–water partition coefficient (Wildman–Crippen LogP) is 5.73. The molecule has 31 heavy (non-hydrogen) atoms. The van der Waals surface area contributed by atoms with Crippen LogP contribution in [0, 0.1) is 6.92 Å². The van der Waals surface area contributed by atoms with E-state index in [-0.39, 0.29) is 17.6 Å². The number of nitrogens with one attached hydrogen (secondary N) is 2. The molecule has 0 radical (unpaired) electrons. The van der Waals surface area contributed by atoms with E-state index in [1.807, 2.05) is 25.1 Å². The van der Waals surface area contributed by atoms with Gasteiger partial charge in [0.15, 0.2) is 5.76 Å². The van der Waals surface area contributed by atoms with Crippen LogP contribution in [0.2, 0.25) is 5.02 Å². The Morgan fingerprint density at radius 3 is 2.68 bits per heavy atom. The van der Waals surface area contributed by atoms with Gasteiger partial charge in [-0.05, 0) is 66.0 Å². The Bertz CT molecular complexity index is 1200. The summed E-state index contributed by atoms with van der Waals surface area (Å²) in [5.74, 6) is 0.268. The van der Waals surface area contributed by atoms with Crippen LogP contribution in [0.3, 0.4) is 0 Å². The molecule has 3 aromatic rings. The third-order valence-electron chi connectivity index (χ3n) is 5.03. The number of nitrogens with zero attached hydrogens (tertiary/aromatic N) is 1. The van der Waals surface area contributed by atoms with Gasteiger partial charge in [0, 0.05) is 32.6 Å². The average molecular weight is 501 g/mol. The van der Waals surface area contributed by atoms with E-state index in [1.54, 1.807) is 30.3 Å². The summed E-state index contributed by atoms with van der Waals surface area (Å²) in [6.45, 7) is 1.83. The summed E-state index contributed by atoms with van der Waals surface area (Å²) in [5, 5.41) is 7.68. The van der Waals surface area contributed by atoms with Crippen molar-refractivity contribution in [3.8, 4) is 0 Å². The maximum Gasteiger partial charge on any atom is 0.291 e. The fourth-order valence-electron chi connectivity index (χ4n) is 3.55. The van der Waals surface area contributed by atoms with E-state index in [0.717, 1.165) is 16.5 Å². The molecule has 1 aliphatic carbocycles. The van der Waals surface area contributed by atoms with E-state index >= 15 is 0 Å². The van der Waals surface area contributed by atoms with Gasteiger partial charge in [-0.2, -0.15) is 5.10 Å². The first-order valence-corrected chi connectivity index (χ1v) is 10.9. The van der Waals surface area contributed by atoms with Crippen molar-refractivity contribution in [2.75, 3.05) is 5.32 Å². The zero-order chi connectivity index (χ0) is 22.0. The molecule has 2 N–H and O–H groups in total. The maximum absolute atomic E-state index is 12.8. The molecule has 0 saturated heterocycles. The number of halogens is 2. The zero-order valence-electron chi connectivity index (χ0n) is 16.7. The highest BCUT2D eigenvalue weighted by Gasteiger charge is 2.28. The summed E-state index contributed by atoms with van der Waals surface area (Å²) in [4.78, 5) is 25.3. The van der Waals surface area contributed by atoms with Gasteiger partial charge in [-0.15, -0.1) is 0 Å². The lowest BCUT2D eigenvalue weighted by atomic mass is 9.93. The van der Waals surface area contributed by atoms with Crippen LogP contribution in [0.25, 0.3) is 0 Å². The number of furan rings is 1. The molecule has 6 nitrogen and oxygen atoms in total. The summed E-state index contributed by atoms with van der Waals surface area (Å²) in [7, 11) is 0. The van der Waals surface area contributed by atoms with Crippen molar-refractivity contribution in [1.29, 1.82) is 0 Å². The number of hydrazone groups is 1. The van der Waals surface area contributed by atoms with E-state index in [4.69, 9.17) is 16.0 Å². The lowest BCUT2D eigenvalue weighted by molar-refractivity contribution is 0.0953. The number of carbonyl (C=O) groups is 2. The van der Waals surface area contributed by atoms with Crippen LogP contribution in [-0.4, -0.2) is 17.5 Å². The largest absolute Gasteiger partial charge is 0.455 e. The van der Waals surface area contributed by atoms with Gasteiger partial charge < -0.3 is 9.73 Å². The standard InChI is InChI=1S/C23H19BrClN3O3/c1-13-20-18(27-28-22(29)14-6-4-7-15(25)12-14)10-5-11-19(20)31-21(13)23(30)26-17-9-3-2-8-16(17)24/h2-4,6-9,12H,5,10-11H2,1H3,(H,26,30)(H,28,29)/b27-18+. The van der Waals surface area contributed by atoms with Crippen molar-refractivity contribution in [1.82, 2.24) is 5.43 Å². The highest BCUT2D eigenvalue weighted by Crippen LogP contribution is 2.31. The van der Waals surface area contributed by atoms with Gasteiger partial charge in [0.05, 0.1) is 11.4 Å². The zero-order valence-corrected chi connectivity index (χ0v) is 19.0. The molecule has 0 bridgehead atoms. The first kappa shape index (κ1) is 21.3. The summed E-state index contributed by atoms with van der Waals surface area (Å²) < 4.78 is 6.69. The number of hydrogen-bond acceptors (Lipinski definition) is 4. The van der Waals surface area contributed by atoms with Crippen molar-refractivity contribution in [3.05, 3.63) is 86.2 Å². The monoisotopic (exact) mass is 499 g/mol. The Kier molecular flexibility index (Phi) is 6.25. The molecule has 0 spiro atoms. The van der Waals surface area contributed by atoms with Gasteiger partial charge in [-0.3, -0.25) is 9.59 Å². The smallest absolute Gasteiger partial charge is 0.291 e. The van der Waals surface area contributed by atoms with Crippen molar-refractivity contribution in [3.63, 3.8) is 0 Å². The van der Waals surface area contributed by atoms with Gasteiger partial charge >= 0.3 is 0 Å². The summed E-state index contributed by atoms with van der Waals surface area (Å²) in [6.07, 6.45) is 2.20. The van der Waals surface area contributed by atoms with Crippen LogP contribution in [0.4, 0.5) is 5.69 Å². The molecule has 4 rings (SSSR count). The summed E-state index contributed by atoms with van der Waals surface area (Å²) in [6, 6.07) is 14.0. The molecule has 158 valence electrons. The van der Waals surface area contributed by atoms with E-state index in [1.165, 1.54) is 0 Å². The first-order chi connectivity index (χ1) is 14.9. The molecule has 0 unspecified atom stereocenters.